The molecule has 0 radical (unpaired) electrons. The van der Waals surface area contributed by atoms with Crippen LogP contribution in [0, 0.1) is 0 Å². The van der Waals surface area contributed by atoms with Gasteiger partial charge in [-0.15, -0.1) is 0 Å². The smallest absolute Gasteiger partial charge is 0.302 e. The molecule has 0 aromatic rings. The third-order valence-corrected chi connectivity index (χ3v) is 3.80. The minimum atomic E-state index is -0.153. The van der Waals surface area contributed by atoms with Gasteiger partial charge in [0.15, 0.2) is 0 Å². The van der Waals surface area contributed by atoms with Crippen molar-refractivity contribution in [3.63, 3.8) is 0 Å². The highest BCUT2D eigenvalue weighted by molar-refractivity contribution is 5.65. The van der Waals surface area contributed by atoms with E-state index in [9.17, 15) is 4.79 Å². The van der Waals surface area contributed by atoms with Crippen molar-refractivity contribution in [2.45, 2.75) is 104 Å². The number of carbonyl (C=O) groups is 1. The molecule has 3 heteroatoms. The summed E-state index contributed by atoms with van der Waals surface area (Å²) in [7, 11) is 6.00. The lowest BCUT2D eigenvalue weighted by Crippen LogP contribution is -2.00. The van der Waals surface area contributed by atoms with Gasteiger partial charge in [0, 0.05) is 6.92 Å². The van der Waals surface area contributed by atoms with Crippen LogP contribution in [0.4, 0.5) is 0 Å². The highest BCUT2D eigenvalue weighted by atomic mass is 16.5. The molecular formula is C21H45NO2. The van der Waals surface area contributed by atoms with Crippen LogP contribution in [0.25, 0.3) is 0 Å². The summed E-state index contributed by atoms with van der Waals surface area (Å²) in [5.74, 6) is -0.153. The number of hydrogen-bond acceptors (Lipinski definition) is 3. The Labute approximate surface area is 152 Å². The molecule has 0 heterocycles. The normalized spacial score (nSPS) is 10.4. The summed E-state index contributed by atoms with van der Waals surface area (Å²) in [5.41, 5.74) is 0. The van der Waals surface area contributed by atoms with Gasteiger partial charge in [0.05, 0.1) is 6.61 Å². The Bertz CT molecular complexity index is 239. The lowest BCUT2D eigenvalue weighted by molar-refractivity contribution is -0.141. The summed E-state index contributed by atoms with van der Waals surface area (Å²) in [6.07, 6.45) is 19.0. The fourth-order valence-corrected chi connectivity index (χ4v) is 2.51. The molecule has 0 atom stereocenters. The Morgan fingerprint density at radius 2 is 0.958 bits per heavy atom. The molecule has 0 aromatic heterocycles. The van der Waals surface area contributed by atoms with Gasteiger partial charge < -0.3 is 9.64 Å². The first kappa shape index (κ1) is 25.7. The van der Waals surface area contributed by atoms with Gasteiger partial charge in [0.1, 0.15) is 0 Å². The zero-order valence-electron chi connectivity index (χ0n) is 17.4. The number of unbranched alkanes of at least 4 members (excludes halogenated alkanes) is 13. The highest BCUT2D eigenvalue weighted by Gasteiger charge is 1.95. The molecule has 0 fully saturated rings. The molecule has 0 spiro atoms. The maximum atomic E-state index is 10.6. The minimum absolute atomic E-state index is 0.153. The summed E-state index contributed by atoms with van der Waals surface area (Å²) in [6, 6.07) is 0. The lowest BCUT2D eigenvalue weighted by Gasteiger charge is -2.03. The molecule has 0 aromatic carbocycles. The van der Waals surface area contributed by atoms with Crippen molar-refractivity contribution < 1.29 is 9.53 Å². The minimum Gasteiger partial charge on any atom is -0.466 e. The third-order valence-electron chi connectivity index (χ3n) is 3.80. The first-order chi connectivity index (χ1) is 11.5. The number of rotatable bonds is 15. The second-order valence-corrected chi connectivity index (χ2v) is 7.28. The largest absolute Gasteiger partial charge is 0.466 e. The number of ether oxygens (including phenoxy) is 1. The van der Waals surface area contributed by atoms with Crippen LogP contribution < -0.4 is 0 Å². The number of nitrogens with zero attached hydrogens (tertiary/aromatic N) is 1. The van der Waals surface area contributed by atoms with Gasteiger partial charge in [-0.2, -0.15) is 0 Å². The maximum Gasteiger partial charge on any atom is 0.302 e. The first-order valence-corrected chi connectivity index (χ1v) is 10.2. The van der Waals surface area contributed by atoms with E-state index in [4.69, 9.17) is 4.74 Å². The summed E-state index contributed by atoms with van der Waals surface area (Å²) >= 11 is 0. The number of hydrogen-bond donors (Lipinski definition) is 0. The van der Waals surface area contributed by atoms with Crippen LogP contribution in [0.2, 0.25) is 0 Å². The molecule has 0 unspecified atom stereocenters. The SMILES string of the molecule is CCCCCCCCCCCCCCCCOC(C)=O.CN(C)C. The van der Waals surface area contributed by atoms with Crippen LogP contribution in [0.3, 0.4) is 0 Å². The molecule has 0 N–H and O–H groups in total. The molecule has 0 saturated heterocycles. The second kappa shape index (κ2) is 22.4. The predicted molar refractivity (Wildman–Crippen MR) is 107 cm³/mol. The Morgan fingerprint density at radius 1 is 0.667 bits per heavy atom. The van der Waals surface area contributed by atoms with E-state index in [0.29, 0.717) is 6.61 Å². The Kier molecular flexibility index (Phi) is 24.0. The zero-order valence-corrected chi connectivity index (χ0v) is 17.4. The summed E-state index contributed by atoms with van der Waals surface area (Å²) in [4.78, 5) is 12.6. The standard InChI is InChI=1S/C18H36O2.C3H9N/c1-3-4-5-6-7-8-9-10-11-12-13-14-15-16-17-20-18(2)19;1-4(2)3/h3-17H2,1-2H3;1-3H3. The van der Waals surface area contributed by atoms with Crippen molar-refractivity contribution >= 4 is 5.97 Å². The molecule has 0 amide bonds. The molecule has 146 valence electrons. The summed E-state index contributed by atoms with van der Waals surface area (Å²) in [5, 5.41) is 0. The van der Waals surface area contributed by atoms with Gasteiger partial charge in [0.25, 0.3) is 0 Å². The maximum absolute atomic E-state index is 10.6. The van der Waals surface area contributed by atoms with Crippen molar-refractivity contribution in [1.29, 1.82) is 0 Å². The monoisotopic (exact) mass is 343 g/mol. The van der Waals surface area contributed by atoms with E-state index >= 15 is 0 Å². The summed E-state index contributed by atoms with van der Waals surface area (Å²) in [6.45, 7) is 4.35. The fraction of sp³-hybridized carbons (Fsp3) is 0.952. The van der Waals surface area contributed by atoms with Crippen LogP contribution in [0.5, 0.6) is 0 Å². The van der Waals surface area contributed by atoms with Crippen molar-refractivity contribution in [3.8, 4) is 0 Å². The quantitative estimate of drug-likeness (QED) is 0.261. The average molecular weight is 344 g/mol. The Morgan fingerprint density at radius 3 is 1.25 bits per heavy atom. The van der Waals surface area contributed by atoms with E-state index in [-0.39, 0.29) is 5.97 Å². The third kappa shape index (κ3) is 33.1. The molecule has 0 bridgehead atoms. The van der Waals surface area contributed by atoms with Crippen LogP contribution in [0.1, 0.15) is 104 Å². The van der Waals surface area contributed by atoms with Crippen LogP contribution in [-0.4, -0.2) is 38.6 Å². The molecule has 0 rings (SSSR count). The molecular weight excluding hydrogens is 298 g/mol. The van der Waals surface area contributed by atoms with E-state index in [1.165, 1.54) is 90.4 Å². The van der Waals surface area contributed by atoms with Gasteiger partial charge in [0.2, 0.25) is 0 Å². The first-order valence-electron chi connectivity index (χ1n) is 10.2. The Balaban J connectivity index is 0. The van der Waals surface area contributed by atoms with Gasteiger partial charge in [-0.1, -0.05) is 90.4 Å². The average Bonchev–Trinajstić information content (AvgIpc) is 2.50. The highest BCUT2D eigenvalue weighted by Crippen LogP contribution is 2.12. The van der Waals surface area contributed by atoms with Crippen LogP contribution in [-0.2, 0) is 9.53 Å². The molecule has 24 heavy (non-hydrogen) atoms. The molecule has 0 aliphatic carbocycles. The molecule has 0 aliphatic rings. The van der Waals surface area contributed by atoms with E-state index in [0.717, 1.165) is 6.42 Å². The zero-order chi connectivity index (χ0) is 18.5. The second-order valence-electron chi connectivity index (χ2n) is 7.28. The molecule has 0 saturated carbocycles. The van der Waals surface area contributed by atoms with Crippen molar-refractivity contribution in [3.05, 3.63) is 0 Å². The van der Waals surface area contributed by atoms with Crippen LogP contribution in [0.15, 0.2) is 0 Å². The van der Waals surface area contributed by atoms with Gasteiger partial charge in [-0.3, -0.25) is 4.79 Å². The summed E-state index contributed by atoms with van der Waals surface area (Å²) < 4.78 is 4.91. The molecule has 3 nitrogen and oxygen atoms in total. The van der Waals surface area contributed by atoms with Crippen molar-refractivity contribution in [2.75, 3.05) is 27.7 Å². The van der Waals surface area contributed by atoms with Crippen molar-refractivity contribution in [1.82, 2.24) is 4.90 Å². The fourth-order valence-electron chi connectivity index (χ4n) is 2.51. The Hall–Kier alpha value is -0.570. The van der Waals surface area contributed by atoms with E-state index in [1.807, 2.05) is 26.0 Å². The van der Waals surface area contributed by atoms with E-state index in [1.54, 1.807) is 0 Å². The van der Waals surface area contributed by atoms with Gasteiger partial charge in [-0.25, -0.2) is 0 Å². The van der Waals surface area contributed by atoms with Gasteiger partial charge in [-0.05, 0) is 27.6 Å². The van der Waals surface area contributed by atoms with Crippen molar-refractivity contribution in [2.24, 2.45) is 0 Å². The van der Waals surface area contributed by atoms with Crippen LogP contribution >= 0.6 is 0 Å². The van der Waals surface area contributed by atoms with E-state index < -0.39 is 0 Å². The number of esters is 1. The van der Waals surface area contributed by atoms with Gasteiger partial charge >= 0.3 is 5.97 Å². The lowest BCUT2D eigenvalue weighted by atomic mass is 10.0. The topological polar surface area (TPSA) is 29.5 Å². The van der Waals surface area contributed by atoms with E-state index in [2.05, 4.69) is 6.92 Å². The molecule has 0 aliphatic heterocycles. The predicted octanol–water partition coefficient (Wildman–Crippen LogP) is 6.21. The number of carbonyl (C=O) groups excluding carboxylic acids is 1.